The number of aromatic amines is 1. The number of likely N-dealkylation sites (tertiary alicyclic amines) is 1. The van der Waals surface area contributed by atoms with Crippen molar-refractivity contribution < 1.29 is 9.21 Å². The van der Waals surface area contributed by atoms with Gasteiger partial charge < -0.3 is 9.73 Å². The predicted molar refractivity (Wildman–Crippen MR) is 109 cm³/mol. The van der Waals surface area contributed by atoms with Gasteiger partial charge in [0.25, 0.3) is 11.1 Å². The van der Waals surface area contributed by atoms with Crippen LogP contribution in [0.5, 0.6) is 0 Å². The van der Waals surface area contributed by atoms with E-state index in [2.05, 4.69) is 15.3 Å². The van der Waals surface area contributed by atoms with Crippen molar-refractivity contribution in [2.24, 2.45) is 5.92 Å². The zero-order chi connectivity index (χ0) is 20.2. The van der Waals surface area contributed by atoms with Crippen LogP contribution >= 0.6 is 0 Å². The summed E-state index contributed by atoms with van der Waals surface area (Å²) >= 11 is 0. The zero-order valence-electron chi connectivity index (χ0n) is 16.1. The normalized spacial score (nSPS) is 15.6. The van der Waals surface area contributed by atoms with Gasteiger partial charge in [-0.05, 0) is 50.2 Å². The van der Waals surface area contributed by atoms with Gasteiger partial charge in [0.05, 0.1) is 30.1 Å². The molecule has 1 amide bonds. The lowest BCUT2D eigenvalue weighted by molar-refractivity contribution is -0.126. The van der Waals surface area contributed by atoms with Crippen molar-refractivity contribution in [3.8, 4) is 0 Å². The highest BCUT2D eigenvalue weighted by Gasteiger charge is 2.25. The van der Waals surface area contributed by atoms with Gasteiger partial charge in [0, 0.05) is 12.5 Å². The van der Waals surface area contributed by atoms with Gasteiger partial charge in [0.15, 0.2) is 0 Å². The number of piperidine rings is 1. The van der Waals surface area contributed by atoms with Gasteiger partial charge in [-0.15, -0.1) is 0 Å². The Morgan fingerprint density at radius 2 is 1.86 bits per heavy atom. The average molecular weight is 396 g/mol. The van der Waals surface area contributed by atoms with E-state index in [9.17, 15) is 14.4 Å². The van der Waals surface area contributed by atoms with Crippen LogP contribution in [0.3, 0.4) is 0 Å². The number of nitrogens with one attached hydrogen (secondary N) is 2. The smallest absolute Gasteiger partial charge is 0.273 e. The second-order valence-electron chi connectivity index (χ2n) is 7.36. The third-order valence-electron chi connectivity index (χ3n) is 5.44. The van der Waals surface area contributed by atoms with Gasteiger partial charge >= 0.3 is 0 Å². The lowest BCUT2D eigenvalue weighted by Gasteiger charge is -2.30. The lowest BCUT2D eigenvalue weighted by Crippen LogP contribution is -2.41. The van der Waals surface area contributed by atoms with E-state index >= 15 is 0 Å². The molecule has 0 atom stereocenters. The van der Waals surface area contributed by atoms with Crippen LogP contribution in [-0.4, -0.2) is 40.2 Å². The van der Waals surface area contributed by atoms with Crippen LogP contribution in [0.2, 0.25) is 0 Å². The first-order valence-corrected chi connectivity index (χ1v) is 9.86. The Hall–Kier alpha value is -3.13. The standard InChI is InChI=1S/C21H24N4O4/c26-19(15-7-10-24(11-8-15)14-16-4-3-13-29-16)22-9-12-25-21(28)18-6-2-1-5-17(18)20(27)23-25/h1-6,13,15H,7-12,14H2,(H,22,26)(H,23,27). The molecule has 2 N–H and O–H groups in total. The van der Waals surface area contributed by atoms with E-state index in [1.807, 2.05) is 12.1 Å². The molecule has 29 heavy (non-hydrogen) atoms. The van der Waals surface area contributed by atoms with Crippen LogP contribution in [0.15, 0.2) is 56.7 Å². The summed E-state index contributed by atoms with van der Waals surface area (Å²) in [5.41, 5.74) is -0.573. The maximum atomic E-state index is 12.5. The topological polar surface area (TPSA) is 100 Å². The number of hydrogen-bond donors (Lipinski definition) is 2. The molecule has 2 aromatic heterocycles. The van der Waals surface area contributed by atoms with E-state index in [0.717, 1.165) is 38.2 Å². The summed E-state index contributed by atoms with van der Waals surface area (Å²) in [6, 6.07) is 10.6. The van der Waals surface area contributed by atoms with Crippen molar-refractivity contribution in [1.29, 1.82) is 0 Å². The van der Waals surface area contributed by atoms with E-state index in [1.54, 1.807) is 30.5 Å². The van der Waals surface area contributed by atoms with Gasteiger partial charge in [0.2, 0.25) is 5.91 Å². The summed E-state index contributed by atoms with van der Waals surface area (Å²) in [4.78, 5) is 39.4. The SMILES string of the molecule is O=C(NCCn1[nH]c(=O)c2ccccc2c1=O)C1CCN(Cc2ccco2)CC1. The molecule has 1 saturated heterocycles. The molecule has 3 aromatic rings. The molecule has 0 unspecified atom stereocenters. The Bertz CT molecular complexity index is 1090. The number of amides is 1. The Labute approximate surface area is 167 Å². The summed E-state index contributed by atoms with van der Waals surface area (Å²) in [6.07, 6.45) is 3.25. The molecule has 0 spiro atoms. The molecule has 8 nitrogen and oxygen atoms in total. The Balaban J connectivity index is 1.29. The minimum atomic E-state index is -0.310. The largest absolute Gasteiger partial charge is 0.468 e. The molecule has 1 aliphatic rings. The van der Waals surface area contributed by atoms with Crippen LogP contribution in [0.1, 0.15) is 18.6 Å². The van der Waals surface area contributed by atoms with Crippen LogP contribution in [0.25, 0.3) is 10.8 Å². The fraction of sp³-hybridized carbons (Fsp3) is 0.381. The lowest BCUT2D eigenvalue weighted by atomic mass is 9.96. The van der Waals surface area contributed by atoms with E-state index < -0.39 is 0 Å². The molecule has 0 aliphatic carbocycles. The Morgan fingerprint density at radius 1 is 1.10 bits per heavy atom. The summed E-state index contributed by atoms with van der Waals surface area (Å²) in [6.45, 7) is 2.97. The molecule has 8 heteroatoms. The summed E-state index contributed by atoms with van der Waals surface area (Å²) in [7, 11) is 0. The van der Waals surface area contributed by atoms with E-state index in [1.165, 1.54) is 4.68 Å². The number of hydrogen-bond acceptors (Lipinski definition) is 5. The van der Waals surface area contributed by atoms with E-state index in [4.69, 9.17) is 4.42 Å². The van der Waals surface area contributed by atoms with E-state index in [-0.39, 0.29) is 29.5 Å². The first kappa shape index (κ1) is 19.2. The van der Waals surface area contributed by atoms with Crippen LogP contribution in [-0.2, 0) is 17.9 Å². The molecule has 0 bridgehead atoms. The molecule has 4 rings (SSSR count). The van der Waals surface area contributed by atoms with Gasteiger partial charge in [-0.2, -0.15) is 0 Å². The monoisotopic (exact) mass is 396 g/mol. The predicted octanol–water partition coefficient (Wildman–Crippen LogP) is 1.31. The fourth-order valence-corrected chi connectivity index (χ4v) is 3.82. The number of H-pyrrole nitrogens is 1. The van der Waals surface area contributed by atoms with Gasteiger partial charge in [-0.25, -0.2) is 4.68 Å². The molecule has 1 aliphatic heterocycles. The molecular formula is C21H24N4O4. The number of fused-ring (bicyclic) bond motifs is 1. The summed E-state index contributed by atoms with van der Waals surface area (Å²) in [5.74, 6) is 0.900. The van der Waals surface area contributed by atoms with E-state index in [0.29, 0.717) is 17.3 Å². The highest BCUT2D eigenvalue weighted by Crippen LogP contribution is 2.19. The minimum Gasteiger partial charge on any atom is -0.468 e. The van der Waals surface area contributed by atoms with Gasteiger partial charge in [-0.3, -0.25) is 24.4 Å². The Kier molecular flexibility index (Phi) is 5.62. The quantitative estimate of drug-likeness (QED) is 0.654. The molecular weight excluding hydrogens is 372 g/mol. The van der Waals surface area contributed by atoms with Crippen molar-refractivity contribution in [3.63, 3.8) is 0 Å². The maximum absolute atomic E-state index is 12.5. The maximum Gasteiger partial charge on any atom is 0.273 e. The fourth-order valence-electron chi connectivity index (χ4n) is 3.82. The van der Waals surface area contributed by atoms with Crippen molar-refractivity contribution in [3.05, 3.63) is 69.1 Å². The van der Waals surface area contributed by atoms with Gasteiger partial charge in [0.1, 0.15) is 5.76 Å². The minimum absolute atomic E-state index is 0.00108. The van der Waals surface area contributed by atoms with Crippen LogP contribution in [0.4, 0.5) is 0 Å². The number of nitrogens with zero attached hydrogens (tertiary/aromatic N) is 2. The molecule has 1 fully saturated rings. The van der Waals surface area contributed by atoms with Crippen molar-refractivity contribution >= 4 is 16.7 Å². The molecule has 0 radical (unpaired) electrons. The van der Waals surface area contributed by atoms with Gasteiger partial charge in [-0.1, -0.05) is 12.1 Å². The van der Waals surface area contributed by atoms with Crippen LogP contribution in [0, 0.1) is 5.92 Å². The van der Waals surface area contributed by atoms with Crippen molar-refractivity contribution in [1.82, 2.24) is 20.0 Å². The molecule has 1 aromatic carbocycles. The number of benzene rings is 1. The molecule has 152 valence electrons. The highest BCUT2D eigenvalue weighted by atomic mass is 16.3. The third kappa shape index (κ3) is 4.32. The van der Waals surface area contributed by atoms with Crippen molar-refractivity contribution in [2.45, 2.75) is 25.9 Å². The summed E-state index contributed by atoms with van der Waals surface area (Å²) in [5, 5.41) is 6.23. The Morgan fingerprint density at radius 3 is 2.59 bits per heavy atom. The number of aromatic nitrogens is 2. The second-order valence-corrected chi connectivity index (χ2v) is 7.36. The number of rotatable bonds is 6. The van der Waals surface area contributed by atoms with Crippen molar-refractivity contribution in [2.75, 3.05) is 19.6 Å². The number of furan rings is 1. The number of carbonyl (C=O) groups is 1. The number of carbonyl (C=O) groups excluding carboxylic acids is 1. The first-order valence-electron chi connectivity index (χ1n) is 9.86. The average Bonchev–Trinajstić information content (AvgIpc) is 3.25. The molecule has 0 saturated carbocycles. The second kappa shape index (κ2) is 8.48. The van der Waals surface area contributed by atoms with Crippen LogP contribution < -0.4 is 16.4 Å². The summed E-state index contributed by atoms with van der Waals surface area (Å²) < 4.78 is 6.64. The molecule has 3 heterocycles. The zero-order valence-corrected chi connectivity index (χ0v) is 16.1. The highest BCUT2D eigenvalue weighted by molar-refractivity contribution is 5.80. The first-order chi connectivity index (χ1) is 14.1. The third-order valence-corrected chi connectivity index (χ3v) is 5.44.